The summed E-state index contributed by atoms with van der Waals surface area (Å²) in [5.74, 6) is 0. The number of hydrogen-bond donors (Lipinski definition) is 4. The number of nitrogens with zero attached hydrogens (tertiary/aromatic N) is 1. The summed E-state index contributed by atoms with van der Waals surface area (Å²) in [7, 11) is 2.26. The van der Waals surface area contributed by atoms with Crippen LogP contribution >= 0.6 is 0 Å². The summed E-state index contributed by atoms with van der Waals surface area (Å²) in [5.41, 5.74) is 15.2. The Hall–Kier alpha value is -2.66. The van der Waals surface area contributed by atoms with Crippen molar-refractivity contribution >= 4 is 22.7 Å². The highest BCUT2D eigenvalue weighted by atomic mass is 15.3. The summed E-state index contributed by atoms with van der Waals surface area (Å²) in [5, 5.41) is 6.92. The van der Waals surface area contributed by atoms with Crippen molar-refractivity contribution in [3.8, 4) is 0 Å². The Balaban J connectivity index is 1.80. The van der Waals surface area contributed by atoms with Gasteiger partial charge in [-0.15, -0.1) is 0 Å². The van der Waals surface area contributed by atoms with E-state index in [1.165, 1.54) is 0 Å². The van der Waals surface area contributed by atoms with Crippen molar-refractivity contribution in [1.29, 1.82) is 0 Å². The number of benzene rings is 2. The fraction of sp³-hybridized carbons (Fsp3) is 0.300. The van der Waals surface area contributed by atoms with Crippen molar-refractivity contribution < 1.29 is 4.48 Å². The van der Waals surface area contributed by atoms with E-state index in [0.717, 1.165) is 60.0 Å². The number of anilines is 4. The number of nitrogens with one attached hydrogen (secondary N) is 2. The third kappa shape index (κ3) is 6.39. The molecular weight excluding hydrogens is 310 g/mol. The van der Waals surface area contributed by atoms with Gasteiger partial charge in [0.1, 0.15) is 0 Å². The minimum atomic E-state index is 0.784. The monoisotopic (exact) mass is 340 g/mol. The van der Waals surface area contributed by atoms with E-state index in [-0.39, 0.29) is 0 Å². The van der Waals surface area contributed by atoms with Crippen LogP contribution in [0.15, 0.2) is 61.2 Å². The molecule has 0 aliphatic heterocycles. The van der Waals surface area contributed by atoms with E-state index >= 15 is 0 Å². The molecule has 0 atom stereocenters. The van der Waals surface area contributed by atoms with E-state index < -0.39 is 0 Å². The second-order valence-electron chi connectivity index (χ2n) is 6.64. The van der Waals surface area contributed by atoms with Gasteiger partial charge < -0.3 is 26.6 Å². The summed E-state index contributed by atoms with van der Waals surface area (Å²) in [6, 6.07) is 15.7. The highest BCUT2D eigenvalue weighted by molar-refractivity contribution is 5.51. The summed E-state index contributed by atoms with van der Waals surface area (Å²) < 4.78 is 0.924. The number of nitrogen functional groups attached to an aromatic ring is 2. The van der Waals surface area contributed by atoms with Crippen LogP contribution in [0.5, 0.6) is 0 Å². The minimum absolute atomic E-state index is 0.784. The summed E-state index contributed by atoms with van der Waals surface area (Å²) in [6.45, 7) is 8.68. The van der Waals surface area contributed by atoms with Gasteiger partial charge in [-0.05, 0) is 54.6 Å². The lowest BCUT2D eigenvalue weighted by molar-refractivity contribution is -0.900. The first-order valence-corrected chi connectivity index (χ1v) is 8.64. The van der Waals surface area contributed by atoms with Crippen LogP contribution in [-0.4, -0.2) is 44.3 Å². The topological polar surface area (TPSA) is 76.1 Å². The molecule has 0 fully saturated rings. The van der Waals surface area contributed by atoms with Crippen LogP contribution in [0.3, 0.4) is 0 Å². The largest absolute Gasteiger partial charge is 0.399 e. The molecule has 0 amide bonds. The van der Waals surface area contributed by atoms with Crippen molar-refractivity contribution in [1.82, 2.24) is 0 Å². The van der Waals surface area contributed by atoms with Gasteiger partial charge in [0, 0.05) is 22.7 Å². The third-order valence-electron chi connectivity index (χ3n) is 4.35. The Morgan fingerprint density at radius 1 is 0.840 bits per heavy atom. The standard InChI is InChI=1S/C20H30N5/c1-3-14-25(2,15-12-23-19-8-4-17(21)5-9-19)16-13-24-20-10-6-18(22)7-11-20/h3-11,23-24H,1,12-16,21-22H2,2H3/q+1. The van der Waals surface area contributed by atoms with Crippen LogP contribution in [0.4, 0.5) is 22.7 Å². The molecular formula is C20H30N5+. The molecule has 0 aliphatic rings. The second kappa shape index (κ2) is 8.99. The molecule has 0 saturated heterocycles. The molecule has 5 nitrogen and oxygen atoms in total. The zero-order valence-corrected chi connectivity index (χ0v) is 15.0. The molecule has 25 heavy (non-hydrogen) atoms. The zero-order chi connectivity index (χ0) is 18.1. The molecule has 0 spiro atoms. The summed E-state index contributed by atoms with van der Waals surface area (Å²) in [6.07, 6.45) is 1.99. The van der Waals surface area contributed by atoms with E-state index in [1.54, 1.807) is 0 Å². The maximum Gasteiger partial charge on any atom is 0.0970 e. The number of nitrogens with two attached hydrogens (primary N) is 2. The average molecular weight is 340 g/mol. The van der Waals surface area contributed by atoms with Crippen molar-refractivity contribution in [3.63, 3.8) is 0 Å². The van der Waals surface area contributed by atoms with Gasteiger partial charge >= 0.3 is 0 Å². The highest BCUT2D eigenvalue weighted by Crippen LogP contribution is 2.12. The Morgan fingerprint density at radius 3 is 1.60 bits per heavy atom. The molecule has 2 rings (SSSR count). The summed E-state index contributed by atoms with van der Waals surface area (Å²) >= 11 is 0. The Bertz CT molecular complexity index is 597. The maximum atomic E-state index is 5.72. The molecule has 0 radical (unpaired) electrons. The van der Waals surface area contributed by atoms with Crippen molar-refractivity contribution in [2.75, 3.05) is 61.9 Å². The normalized spacial score (nSPS) is 11.1. The van der Waals surface area contributed by atoms with Crippen LogP contribution in [0, 0.1) is 0 Å². The molecule has 0 heterocycles. The van der Waals surface area contributed by atoms with Crippen LogP contribution in [0.25, 0.3) is 0 Å². The van der Waals surface area contributed by atoms with E-state index in [9.17, 15) is 0 Å². The predicted octanol–water partition coefficient (Wildman–Crippen LogP) is 3.01. The first kappa shape index (κ1) is 18.7. The minimum Gasteiger partial charge on any atom is -0.399 e. The second-order valence-corrected chi connectivity index (χ2v) is 6.64. The number of hydrogen-bond acceptors (Lipinski definition) is 4. The number of rotatable bonds is 10. The van der Waals surface area contributed by atoms with E-state index in [4.69, 9.17) is 11.5 Å². The van der Waals surface area contributed by atoms with E-state index in [0.29, 0.717) is 0 Å². The summed E-state index contributed by atoms with van der Waals surface area (Å²) in [4.78, 5) is 0. The zero-order valence-electron chi connectivity index (χ0n) is 15.0. The smallest absolute Gasteiger partial charge is 0.0970 e. The van der Waals surface area contributed by atoms with Crippen molar-refractivity contribution in [2.45, 2.75) is 0 Å². The quantitative estimate of drug-likeness (QED) is 0.305. The lowest BCUT2D eigenvalue weighted by atomic mass is 10.2. The van der Waals surface area contributed by atoms with Crippen LogP contribution in [0.1, 0.15) is 0 Å². The van der Waals surface area contributed by atoms with Crippen molar-refractivity contribution in [3.05, 3.63) is 61.2 Å². The number of quaternary nitrogens is 1. The highest BCUT2D eigenvalue weighted by Gasteiger charge is 2.19. The Kier molecular flexibility index (Phi) is 6.71. The first-order valence-electron chi connectivity index (χ1n) is 8.64. The Morgan fingerprint density at radius 2 is 1.24 bits per heavy atom. The van der Waals surface area contributed by atoms with Crippen LogP contribution in [-0.2, 0) is 0 Å². The molecule has 0 bridgehead atoms. The fourth-order valence-corrected chi connectivity index (χ4v) is 2.75. The predicted molar refractivity (Wildman–Crippen MR) is 110 cm³/mol. The van der Waals surface area contributed by atoms with Gasteiger partial charge in [0.2, 0.25) is 0 Å². The van der Waals surface area contributed by atoms with Gasteiger partial charge in [0.05, 0.1) is 39.8 Å². The van der Waals surface area contributed by atoms with E-state index in [2.05, 4.69) is 24.3 Å². The third-order valence-corrected chi connectivity index (χ3v) is 4.35. The molecule has 2 aromatic rings. The Labute approximate surface area is 150 Å². The van der Waals surface area contributed by atoms with Gasteiger partial charge in [-0.25, -0.2) is 0 Å². The number of likely N-dealkylation sites (N-methyl/N-ethyl adjacent to an activating group) is 1. The van der Waals surface area contributed by atoms with Gasteiger partial charge in [0.15, 0.2) is 0 Å². The molecule has 5 heteroatoms. The molecule has 0 unspecified atom stereocenters. The van der Waals surface area contributed by atoms with Gasteiger partial charge in [-0.2, -0.15) is 0 Å². The molecule has 0 saturated carbocycles. The van der Waals surface area contributed by atoms with Crippen LogP contribution < -0.4 is 22.1 Å². The first-order chi connectivity index (χ1) is 12.0. The lowest BCUT2D eigenvalue weighted by Gasteiger charge is -2.34. The van der Waals surface area contributed by atoms with Crippen molar-refractivity contribution in [2.24, 2.45) is 0 Å². The molecule has 0 aliphatic carbocycles. The van der Waals surface area contributed by atoms with Gasteiger partial charge in [0.25, 0.3) is 0 Å². The molecule has 6 N–H and O–H groups in total. The molecule has 134 valence electrons. The molecule has 0 aromatic heterocycles. The van der Waals surface area contributed by atoms with Crippen LogP contribution in [0.2, 0.25) is 0 Å². The SMILES string of the molecule is C=CC[N+](C)(CCNc1ccc(N)cc1)CCNc1ccc(N)cc1. The average Bonchev–Trinajstić information content (AvgIpc) is 2.59. The fourth-order valence-electron chi connectivity index (χ4n) is 2.75. The van der Waals surface area contributed by atoms with Gasteiger partial charge in [-0.1, -0.05) is 6.58 Å². The molecule has 2 aromatic carbocycles. The van der Waals surface area contributed by atoms with Gasteiger partial charge in [-0.3, -0.25) is 0 Å². The maximum absolute atomic E-state index is 5.72. The van der Waals surface area contributed by atoms with E-state index in [1.807, 2.05) is 54.6 Å². The lowest BCUT2D eigenvalue weighted by Crippen LogP contribution is -2.49.